The molecule has 0 spiro atoms. The molecule has 0 aromatic heterocycles. The Morgan fingerprint density at radius 2 is 1.20 bits per heavy atom. The van der Waals surface area contributed by atoms with Crippen LogP contribution in [0.15, 0.2) is 0 Å². The first-order chi connectivity index (χ1) is 1.41. The molecule has 0 unspecified atom stereocenters. The summed E-state index contributed by atoms with van der Waals surface area (Å²) in [5.74, 6) is 0. The standard InChI is InChI=1S/Mn.Ni.O2P/c;;1-3-2. The van der Waals surface area contributed by atoms with Gasteiger partial charge < -0.3 is 0 Å². The van der Waals surface area contributed by atoms with Gasteiger partial charge in [-0.25, -0.2) is 0 Å². The van der Waals surface area contributed by atoms with E-state index in [1.165, 1.54) is 0 Å². The smallest absolute Gasteiger partial charge is 0 e. The van der Waals surface area contributed by atoms with Gasteiger partial charge in [0, 0.05) is 33.6 Å². The second kappa shape index (κ2) is 19.7. The fraction of sp³-hybridized carbons (Fsp3) is 0. The molecule has 2 radical (unpaired) electrons. The van der Waals surface area contributed by atoms with Gasteiger partial charge in [-0.1, -0.05) is 0 Å². The van der Waals surface area contributed by atoms with Crippen LogP contribution in [0, 0.1) is 0 Å². The van der Waals surface area contributed by atoms with E-state index in [1.54, 1.807) is 0 Å². The minimum atomic E-state index is -1.08. The average Bonchev–Trinajstić information content (AvgIpc) is 0.918. The molecule has 0 saturated heterocycles. The van der Waals surface area contributed by atoms with Crippen LogP contribution in [0.25, 0.3) is 0 Å². The van der Waals surface area contributed by atoms with E-state index in [4.69, 9.17) is 9.13 Å². The Balaban J connectivity index is -0.0000000200. The molecule has 0 atom stereocenters. The first-order valence-corrected chi connectivity index (χ1v) is 1.10. The molecular formula is MnNiO2P. The van der Waals surface area contributed by atoms with E-state index in [9.17, 15) is 0 Å². The topological polar surface area (TPSA) is 34.1 Å². The van der Waals surface area contributed by atoms with Gasteiger partial charge in [0.25, 0.3) is 0 Å². The summed E-state index contributed by atoms with van der Waals surface area (Å²) in [5.41, 5.74) is 0. The van der Waals surface area contributed by atoms with Crippen molar-refractivity contribution in [2.75, 3.05) is 0 Å². The summed E-state index contributed by atoms with van der Waals surface area (Å²) in [6.07, 6.45) is 0. The zero-order chi connectivity index (χ0) is 2.71. The van der Waals surface area contributed by atoms with Crippen LogP contribution in [0.1, 0.15) is 0 Å². The summed E-state index contributed by atoms with van der Waals surface area (Å²) in [6, 6.07) is 0. The molecule has 0 heterocycles. The van der Waals surface area contributed by atoms with Crippen LogP contribution in [-0.2, 0) is 42.7 Å². The maximum Gasteiger partial charge on any atom is 0 e. The summed E-state index contributed by atoms with van der Waals surface area (Å²) in [5, 5.41) is 0. The van der Waals surface area contributed by atoms with Gasteiger partial charge in [0.15, 0.2) is 0 Å². The molecule has 0 aliphatic rings. The van der Waals surface area contributed by atoms with Gasteiger partial charge in [-0.2, -0.15) is 0 Å². The van der Waals surface area contributed by atoms with Crippen molar-refractivity contribution >= 4 is 8.34 Å². The fourth-order valence-corrected chi connectivity index (χ4v) is 0. The van der Waals surface area contributed by atoms with E-state index in [2.05, 4.69) is 0 Å². The van der Waals surface area contributed by atoms with Crippen LogP contribution in [-0.4, -0.2) is 0 Å². The van der Waals surface area contributed by atoms with Crippen molar-refractivity contribution < 1.29 is 42.7 Å². The van der Waals surface area contributed by atoms with Gasteiger partial charge in [0.1, 0.15) is 0 Å². The molecule has 0 rings (SSSR count). The van der Waals surface area contributed by atoms with Crippen molar-refractivity contribution in [3.63, 3.8) is 0 Å². The largest absolute Gasteiger partial charge is 0 e. The Bertz CT molecular complexity index is 30.6. The molecule has 5 heavy (non-hydrogen) atoms. The van der Waals surface area contributed by atoms with Gasteiger partial charge in [0.05, 0.1) is 0 Å². The van der Waals surface area contributed by atoms with Crippen molar-refractivity contribution in [3.05, 3.63) is 0 Å². The second-order valence-corrected chi connectivity index (χ2v) is 0.224. The first-order valence-electron chi connectivity index (χ1n) is 0.365. The molecule has 2 nitrogen and oxygen atoms in total. The quantitative estimate of drug-likeness (QED) is 0.401. The van der Waals surface area contributed by atoms with Crippen LogP contribution < -0.4 is 0 Å². The molecule has 0 aliphatic carbocycles. The molecule has 0 N–H and O–H groups in total. The molecule has 5 heteroatoms. The summed E-state index contributed by atoms with van der Waals surface area (Å²) in [7, 11) is -1.08. The Kier molecular flexibility index (Phi) is 65.6. The summed E-state index contributed by atoms with van der Waals surface area (Å²) < 4.78 is 16.7. The molecule has 34 valence electrons. The Labute approximate surface area is 51.3 Å². The van der Waals surface area contributed by atoms with Crippen molar-refractivity contribution in [1.29, 1.82) is 0 Å². The molecule has 0 aliphatic heterocycles. The predicted molar refractivity (Wildman–Crippen MR) is 8.29 cm³/mol. The Morgan fingerprint density at radius 1 is 1.20 bits per heavy atom. The zero-order valence-corrected chi connectivity index (χ0v) is 5.02. The third-order valence-electron chi connectivity index (χ3n) is 0. The van der Waals surface area contributed by atoms with E-state index < -0.39 is 8.34 Å². The van der Waals surface area contributed by atoms with Crippen LogP contribution in [0.5, 0.6) is 0 Å². The molecule has 0 saturated carbocycles. The Hall–Kier alpha value is 1.04. The van der Waals surface area contributed by atoms with Crippen LogP contribution >= 0.6 is 8.34 Å². The molecule has 0 fully saturated rings. The SMILES string of the molecule is O=[P]=O.[Mn].[Ni]. The predicted octanol–water partition coefficient (Wildman–Crippen LogP) is 0.619. The van der Waals surface area contributed by atoms with Gasteiger partial charge in [-0.05, 0) is 0 Å². The third kappa shape index (κ3) is 42.9. The summed E-state index contributed by atoms with van der Waals surface area (Å²) >= 11 is 0. The molecule has 0 aromatic carbocycles. The van der Waals surface area contributed by atoms with Crippen molar-refractivity contribution in [2.24, 2.45) is 0 Å². The van der Waals surface area contributed by atoms with Gasteiger partial charge in [-0.3, -0.25) is 0 Å². The Morgan fingerprint density at radius 3 is 1.20 bits per heavy atom. The monoisotopic (exact) mass is 176 g/mol. The maximum atomic E-state index is 8.35. The average molecular weight is 177 g/mol. The van der Waals surface area contributed by atoms with Crippen LogP contribution in [0.4, 0.5) is 0 Å². The number of hydrogen-bond acceptors (Lipinski definition) is 2. The zero-order valence-electron chi connectivity index (χ0n) is 1.96. The van der Waals surface area contributed by atoms with Crippen molar-refractivity contribution in [3.8, 4) is 0 Å². The van der Waals surface area contributed by atoms with Crippen LogP contribution in [0.3, 0.4) is 0 Å². The maximum absolute atomic E-state index is 8.35. The van der Waals surface area contributed by atoms with E-state index in [1.807, 2.05) is 0 Å². The molecular weight excluding hydrogens is 177 g/mol. The minimum Gasteiger partial charge on any atom is 0 e. The van der Waals surface area contributed by atoms with E-state index in [0.29, 0.717) is 0 Å². The third-order valence-corrected chi connectivity index (χ3v) is 0. The number of rotatable bonds is 0. The second-order valence-electron chi connectivity index (χ2n) is 0.0745. The fourth-order valence-electron chi connectivity index (χ4n) is 0. The number of hydrogen-bond donors (Lipinski definition) is 0. The van der Waals surface area contributed by atoms with Crippen molar-refractivity contribution in [2.45, 2.75) is 0 Å². The van der Waals surface area contributed by atoms with E-state index >= 15 is 0 Å². The molecule has 0 amide bonds. The normalized spacial score (nSPS) is 1.60. The van der Waals surface area contributed by atoms with Gasteiger partial charge in [-0.15, -0.1) is 0 Å². The molecule has 0 bridgehead atoms. The first kappa shape index (κ1) is 16.6. The summed E-state index contributed by atoms with van der Waals surface area (Å²) in [6.45, 7) is 0. The summed E-state index contributed by atoms with van der Waals surface area (Å²) in [4.78, 5) is 0. The van der Waals surface area contributed by atoms with E-state index in [0.717, 1.165) is 0 Å². The van der Waals surface area contributed by atoms with Crippen molar-refractivity contribution in [1.82, 2.24) is 0 Å². The van der Waals surface area contributed by atoms with Gasteiger partial charge in [0.2, 0.25) is 0 Å². The van der Waals surface area contributed by atoms with E-state index in [-0.39, 0.29) is 33.6 Å². The van der Waals surface area contributed by atoms with Gasteiger partial charge >= 0.3 is 17.5 Å². The minimum absolute atomic E-state index is 0. The molecule has 0 aromatic rings. The van der Waals surface area contributed by atoms with Crippen LogP contribution in [0.2, 0.25) is 0 Å².